The zero-order chi connectivity index (χ0) is 24.3. The van der Waals surface area contributed by atoms with Crippen molar-refractivity contribution < 1.29 is 33.4 Å². The maximum absolute atomic E-state index is 12.8. The molecular formula is C24H29N3O7. The number of hydrogen-bond donors (Lipinski definition) is 2. The highest BCUT2D eigenvalue weighted by atomic mass is 16.6. The third-order valence-corrected chi connectivity index (χ3v) is 5.49. The molecule has 2 heterocycles. The number of carbonyl (C=O) groups is 4. The van der Waals surface area contributed by atoms with Gasteiger partial charge < -0.3 is 24.8 Å². The molecule has 2 aliphatic rings. The minimum absolute atomic E-state index is 0.127. The number of benzene rings is 1. The van der Waals surface area contributed by atoms with Gasteiger partial charge in [-0.05, 0) is 37.0 Å². The molecule has 3 rings (SSSR count). The predicted molar refractivity (Wildman–Crippen MR) is 120 cm³/mol. The zero-order valence-electron chi connectivity index (χ0n) is 19.0. The Morgan fingerprint density at radius 3 is 2.62 bits per heavy atom. The van der Waals surface area contributed by atoms with E-state index in [-0.39, 0.29) is 31.4 Å². The van der Waals surface area contributed by atoms with E-state index >= 15 is 0 Å². The quantitative estimate of drug-likeness (QED) is 0.280. The highest BCUT2D eigenvalue weighted by molar-refractivity contribution is 6.05. The molecule has 1 unspecified atom stereocenters. The second kappa shape index (κ2) is 12.7. The van der Waals surface area contributed by atoms with Crippen molar-refractivity contribution in [2.45, 2.75) is 44.7 Å². The Hall–Kier alpha value is -3.42. The van der Waals surface area contributed by atoms with Gasteiger partial charge in [-0.3, -0.25) is 19.7 Å². The highest BCUT2D eigenvalue weighted by Gasteiger charge is 2.39. The number of nitrogens with one attached hydrogen (secondary N) is 1. The molecule has 3 N–H and O–H groups in total. The Bertz CT molecular complexity index is 983. The van der Waals surface area contributed by atoms with E-state index in [1.807, 2.05) is 6.07 Å². The van der Waals surface area contributed by atoms with Crippen molar-refractivity contribution in [2.24, 2.45) is 5.73 Å². The minimum atomic E-state index is -0.817. The summed E-state index contributed by atoms with van der Waals surface area (Å²) in [5, 5.41) is 2.31. The molecule has 0 aromatic heterocycles. The Morgan fingerprint density at radius 2 is 1.85 bits per heavy atom. The zero-order valence-corrected chi connectivity index (χ0v) is 19.0. The average Bonchev–Trinajstić information content (AvgIpc) is 3.14. The van der Waals surface area contributed by atoms with E-state index in [4.69, 9.17) is 15.2 Å². The fraction of sp³-hybridized carbons (Fsp3) is 0.500. The number of imide groups is 1. The Morgan fingerprint density at radius 1 is 1.09 bits per heavy atom. The topological polar surface area (TPSA) is 137 Å². The first-order valence-corrected chi connectivity index (χ1v) is 11.3. The van der Waals surface area contributed by atoms with Crippen LogP contribution in [0.25, 0.3) is 0 Å². The van der Waals surface area contributed by atoms with Gasteiger partial charge in [0.25, 0.3) is 5.91 Å². The van der Waals surface area contributed by atoms with Crippen LogP contribution in [-0.2, 0) is 30.3 Å². The van der Waals surface area contributed by atoms with Crippen LogP contribution >= 0.6 is 0 Å². The summed E-state index contributed by atoms with van der Waals surface area (Å²) in [6.45, 7) is 2.18. The summed E-state index contributed by atoms with van der Waals surface area (Å²) in [5.74, 6) is 5.39. The molecule has 0 bridgehead atoms. The van der Waals surface area contributed by atoms with Crippen LogP contribution in [0.4, 0.5) is 4.79 Å². The number of hydrogen-bond acceptors (Lipinski definition) is 7. The molecule has 34 heavy (non-hydrogen) atoms. The molecule has 1 aromatic rings. The Labute approximate surface area is 198 Å². The molecule has 0 spiro atoms. The van der Waals surface area contributed by atoms with Crippen LogP contribution in [0.5, 0.6) is 0 Å². The molecule has 0 saturated carbocycles. The third kappa shape index (κ3) is 7.04. The maximum Gasteiger partial charge on any atom is 0.404 e. The summed E-state index contributed by atoms with van der Waals surface area (Å²) in [7, 11) is 0. The van der Waals surface area contributed by atoms with E-state index < -0.39 is 18.0 Å². The highest BCUT2D eigenvalue weighted by Crippen LogP contribution is 2.29. The monoisotopic (exact) mass is 471 g/mol. The summed E-state index contributed by atoms with van der Waals surface area (Å²) >= 11 is 0. The standard InChI is InChI=1S/C24H29N3O7/c25-24(31)34-15-14-33-13-12-32-11-4-2-1-3-6-17-7-5-8-18-19(17)16-27(23(18)30)20-9-10-21(28)26-22(20)29/h5,7-8,20H,1-2,4,9-16H2,(H2,25,31)(H,26,28,29). The van der Waals surface area contributed by atoms with Gasteiger partial charge in [-0.1, -0.05) is 17.9 Å². The molecule has 1 aromatic carbocycles. The van der Waals surface area contributed by atoms with Gasteiger partial charge in [0.05, 0.1) is 19.8 Å². The molecule has 0 radical (unpaired) electrons. The van der Waals surface area contributed by atoms with Crippen molar-refractivity contribution in [3.63, 3.8) is 0 Å². The SMILES string of the molecule is NC(=O)OCCOCCOCCCCC#Cc1cccc2c1CN(C1CCC(=O)NC1=O)C2=O. The van der Waals surface area contributed by atoms with E-state index in [1.54, 1.807) is 12.1 Å². The summed E-state index contributed by atoms with van der Waals surface area (Å²) in [6, 6.07) is 4.79. The van der Waals surface area contributed by atoms with Crippen molar-refractivity contribution in [2.75, 3.05) is 33.0 Å². The van der Waals surface area contributed by atoms with Crippen molar-refractivity contribution >= 4 is 23.8 Å². The van der Waals surface area contributed by atoms with Crippen LogP contribution in [0.15, 0.2) is 18.2 Å². The lowest BCUT2D eigenvalue weighted by Gasteiger charge is -2.29. The van der Waals surface area contributed by atoms with Gasteiger partial charge in [0.1, 0.15) is 12.6 Å². The third-order valence-electron chi connectivity index (χ3n) is 5.49. The fourth-order valence-corrected chi connectivity index (χ4v) is 3.80. The van der Waals surface area contributed by atoms with Crippen molar-refractivity contribution in [3.05, 3.63) is 34.9 Å². The average molecular weight is 472 g/mol. The lowest BCUT2D eigenvalue weighted by molar-refractivity contribution is -0.136. The molecule has 10 nitrogen and oxygen atoms in total. The minimum Gasteiger partial charge on any atom is -0.447 e. The summed E-state index contributed by atoms with van der Waals surface area (Å²) in [5.41, 5.74) is 7.02. The van der Waals surface area contributed by atoms with Gasteiger partial charge >= 0.3 is 6.09 Å². The molecule has 182 valence electrons. The number of amides is 4. The van der Waals surface area contributed by atoms with Gasteiger partial charge in [-0.15, -0.1) is 0 Å². The van der Waals surface area contributed by atoms with E-state index in [0.29, 0.717) is 44.8 Å². The normalized spacial score (nSPS) is 17.1. The second-order valence-corrected chi connectivity index (χ2v) is 7.88. The molecule has 4 amide bonds. The number of piperidine rings is 1. The van der Waals surface area contributed by atoms with Crippen molar-refractivity contribution in [1.82, 2.24) is 10.2 Å². The summed E-state index contributed by atoms with van der Waals surface area (Å²) in [6.07, 6.45) is 2.17. The fourth-order valence-electron chi connectivity index (χ4n) is 3.80. The van der Waals surface area contributed by atoms with Crippen LogP contribution in [0, 0.1) is 11.8 Å². The van der Waals surface area contributed by atoms with Gasteiger partial charge in [0.2, 0.25) is 11.8 Å². The Balaban J connectivity index is 1.37. The smallest absolute Gasteiger partial charge is 0.404 e. The van der Waals surface area contributed by atoms with E-state index in [1.165, 1.54) is 4.90 Å². The molecule has 2 aliphatic heterocycles. The molecule has 1 fully saturated rings. The number of primary amides is 1. The number of carbonyl (C=O) groups excluding carboxylic acids is 4. The molecule has 1 atom stereocenters. The molecule has 1 saturated heterocycles. The van der Waals surface area contributed by atoms with Gasteiger partial charge in [-0.2, -0.15) is 0 Å². The van der Waals surface area contributed by atoms with Crippen molar-refractivity contribution in [3.8, 4) is 11.8 Å². The van der Waals surface area contributed by atoms with E-state index in [0.717, 1.165) is 24.0 Å². The van der Waals surface area contributed by atoms with Crippen LogP contribution < -0.4 is 11.1 Å². The lowest BCUT2D eigenvalue weighted by atomic mass is 10.0. The molecule has 10 heteroatoms. The van der Waals surface area contributed by atoms with Gasteiger partial charge in [-0.25, -0.2) is 4.79 Å². The van der Waals surface area contributed by atoms with E-state index in [9.17, 15) is 19.2 Å². The van der Waals surface area contributed by atoms with Crippen LogP contribution in [0.2, 0.25) is 0 Å². The lowest BCUT2D eigenvalue weighted by Crippen LogP contribution is -2.52. The number of nitrogens with two attached hydrogens (primary N) is 1. The van der Waals surface area contributed by atoms with Crippen LogP contribution in [0.3, 0.4) is 0 Å². The largest absolute Gasteiger partial charge is 0.447 e. The summed E-state index contributed by atoms with van der Waals surface area (Å²) < 4.78 is 15.3. The molecule has 0 aliphatic carbocycles. The maximum atomic E-state index is 12.8. The number of unbranched alkanes of at least 4 members (excludes halogenated alkanes) is 2. The number of rotatable bonds is 11. The predicted octanol–water partition coefficient (Wildman–Crippen LogP) is 1.10. The summed E-state index contributed by atoms with van der Waals surface area (Å²) in [4.78, 5) is 48.4. The van der Waals surface area contributed by atoms with Crippen molar-refractivity contribution in [1.29, 1.82) is 0 Å². The van der Waals surface area contributed by atoms with Crippen LogP contribution in [-0.4, -0.2) is 67.8 Å². The van der Waals surface area contributed by atoms with E-state index in [2.05, 4.69) is 21.9 Å². The first kappa shape index (κ1) is 25.2. The molecular weight excluding hydrogens is 442 g/mol. The number of fused-ring (bicyclic) bond motifs is 1. The second-order valence-electron chi connectivity index (χ2n) is 7.88. The first-order valence-electron chi connectivity index (χ1n) is 11.3. The number of nitrogens with zero attached hydrogens (tertiary/aromatic N) is 1. The van der Waals surface area contributed by atoms with Gasteiger partial charge in [0.15, 0.2) is 0 Å². The van der Waals surface area contributed by atoms with Crippen LogP contribution in [0.1, 0.15) is 53.6 Å². The van der Waals surface area contributed by atoms with Gasteiger partial charge in [0, 0.05) is 37.1 Å². The Kier molecular flexibility index (Phi) is 9.43. The number of ether oxygens (including phenoxy) is 3. The first-order chi connectivity index (χ1) is 16.5.